The molecule has 0 heterocycles. The quantitative estimate of drug-likeness (QED) is 0.681. The zero-order valence-corrected chi connectivity index (χ0v) is 10.0. The molecule has 0 aliphatic heterocycles. The molecule has 5 nitrogen and oxygen atoms in total. The molecule has 0 aromatic heterocycles. The lowest BCUT2D eigenvalue weighted by molar-refractivity contribution is -0.138. The topological polar surface area (TPSA) is 84.6 Å². The van der Waals surface area contributed by atoms with E-state index in [0.29, 0.717) is 0 Å². The van der Waals surface area contributed by atoms with Gasteiger partial charge in [-0.2, -0.15) is 0 Å². The van der Waals surface area contributed by atoms with Crippen LogP contribution in [0.1, 0.15) is 18.5 Å². The number of methoxy groups -OCH3 is 1. The Balaban J connectivity index is 2.51. The molecule has 94 valence electrons. The van der Waals surface area contributed by atoms with Crippen LogP contribution in [0.5, 0.6) is 5.75 Å². The van der Waals surface area contributed by atoms with Gasteiger partial charge in [-0.1, -0.05) is 12.1 Å². The third-order valence-corrected chi connectivity index (χ3v) is 2.58. The lowest BCUT2D eigenvalue weighted by Gasteiger charge is -2.16. The first-order chi connectivity index (χ1) is 8.04. The molecule has 5 heteroatoms. The van der Waals surface area contributed by atoms with Crippen LogP contribution in [0.4, 0.5) is 0 Å². The van der Waals surface area contributed by atoms with E-state index < -0.39 is 12.0 Å². The molecule has 0 aliphatic carbocycles. The Labute approximate surface area is 101 Å². The van der Waals surface area contributed by atoms with E-state index in [1.807, 2.05) is 31.2 Å². The second-order valence-electron chi connectivity index (χ2n) is 3.85. The molecule has 17 heavy (non-hydrogen) atoms. The van der Waals surface area contributed by atoms with Crippen LogP contribution in [0.15, 0.2) is 24.3 Å². The van der Waals surface area contributed by atoms with Crippen molar-refractivity contribution in [2.75, 3.05) is 13.7 Å². The summed E-state index contributed by atoms with van der Waals surface area (Å²) in [6, 6.07) is 6.77. The van der Waals surface area contributed by atoms with Gasteiger partial charge >= 0.3 is 5.97 Å². The van der Waals surface area contributed by atoms with Crippen molar-refractivity contribution in [3.8, 4) is 5.75 Å². The summed E-state index contributed by atoms with van der Waals surface area (Å²) in [5, 5.41) is 11.7. The van der Waals surface area contributed by atoms with Crippen molar-refractivity contribution in [3.63, 3.8) is 0 Å². The zero-order valence-electron chi connectivity index (χ0n) is 10.0. The number of hydrogen-bond acceptors (Lipinski definition) is 4. The SMILES string of the molecule is COc1ccc([C@H](C)NCC(N)C(=O)O)cc1. The second-order valence-corrected chi connectivity index (χ2v) is 3.85. The highest BCUT2D eigenvalue weighted by Gasteiger charge is 2.13. The molecule has 0 spiro atoms. The predicted octanol–water partition coefficient (Wildman–Crippen LogP) is 0.758. The van der Waals surface area contributed by atoms with Crippen LogP contribution in [-0.4, -0.2) is 30.8 Å². The second kappa shape index (κ2) is 6.22. The van der Waals surface area contributed by atoms with Crippen LogP contribution in [0, 0.1) is 0 Å². The molecule has 0 radical (unpaired) electrons. The van der Waals surface area contributed by atoms with Gasteiger partial charge in [0.1, 0.15) is 11.8 Å². The minimum atomic E-state index is -1.00. The molecule has 2 atom stereocenters. The fourth-order valence-corrected chi connectivity index (χ4v) is 1.40. The van der Waals surface area contributed by atoms with E-state index in [4.69, 9.17) is 15.6 Å². The maximum Gasteiger partial charge on any atom is 0.321 e. The summed E-state index contributed by atoms with van der Waals surface area (Å²) in [5.41, 5.74) is 6.47. The number of nitrogens with one attached hydrogen (secondary N) is 1. The van der Waals surface area contributed by atoms with E-state index >= 15 is 0 Å². The molecule has 0 fully saturated rings. The highest BCUT2D eigenvalue weighted by atomic mass is 16.5. The van der Waals surface area contributed by atoms with Crippen LogP contribution in [0.25, 0.3) is 0 Å². The summed E-state index contributed by atoms with van der Waals surface area (Å²) in [6.45, 7) is 2.19. The van der Waals surface area contributed by atoms with Crippen molar-refractivity contribution < 1.29 is 14.6 Å². The number of benzene rings is 1. The minimum Gasteiger partial charge on any atom is -0.497 e. The molecular formula is C12H18N2O3. The van der Waals surface area contributed by atoms with Crippen LogP contribution < -0.4 is 15.8 Å². The molecule has 0 amide bonds. The number of rotatable bonds is 6. The maximum absolute atomic E-state index is 10.6. The van der Waals surface area contributed by atoms with Crippen LogP contribution in [-0.2, 0) is 4.79 Å². The molecule has 0 saturated heterocycles. The Hall–Kier alpha value is -1.59. The van der Waals surface area contributed by atoms with Gasteiger partial charge in [0.25, 0.3) is 0 Å². The maximum atomic E-state index is 10.6. The normalized spacial score (nSPS) is 14.1. The summed E-state index contributed by atoms with van der Waals surface area (Å²) >= 11 is 0. The molecule has 0 aliphatic rings. The third-order valence-electron chi connectivity index (χ3n) is 2.58. The van der Waals surface area contributed by atoms with Gasteiger partial charge in [-0.25, -0.2) is 0 Å². The van der Waals surface area contributed by atoms with Crippen LogP contribution in [0.2, 0.25) is 0 Å². The number of carbonyl (C=O) groups is 1. The summed E-state index contributed by atoms with van der Waals surface area (Å²) in [4.78, 5) is 10.6. The Morgan fingerprint density at radius 2 is 2.06 bits per heavy atom. The van der Waals surface area contributed by atoms with E-state index in [2.05, 4.69) is 5.32 Å². The van der Waals surface area contributed by atoms with Crippen molar-refractivity contribution >= 4 is 5.97 Å². The van der Waals surface area contributed by atoms with Crippen molar-refractivity contribution in [3.05, 3.63) is 29.8 Å². The van der Waals surface area contributed by atoms with Gasteiger partial charge < -0.3 is 20.9 Å². The Morgan fingerprint density at radius 1 is 1.47 bits per heavy atom. The lowest BCUT2D eigenvalue weighted by atomic mass is 10.1. The molecule has 1 aromatic carbocycles. The van der Waals surface area contributed by atoms with Crippen molar-refractivity contribution in [2.24, 2.45) is 5.73 Å². The predicted molar refractivity (Wildman–Crippen MR) is 65.0 cm³/mol. The highest BCUT2D eigenvalue weighted by Crippen LogP contribution is 2.16. The zero-order chi connectivity index (χ0) is 12.8. The summed E-state index contributed by atoms with van der Waals surface area (Å²) in [6.07, 6.45) is 0. The molecular weight excluding hydrogens is 220 g/mol. The van der Waals surface area contributed by atoms with E-state index in [0.717, 1.165) is 11.3 Å². The first-order valence-electron chi connectivity index (χ1n) is 5.40. The van der Waals surface area contributed by atoms with Crippen molar-refractivity contribution in [2.45, 2.75) is 19.0 Å². The third kappa shape index (κ3) is 4.05. The van der Waals surface area contributed by atoms with Gasteiger partial charge in [-0.05, 0) is 24.6 Å². The first kappa shape index (κ1) is 13.5. The van der Waals surface area contributed by atoms with Crippen LogP contribution >= 0.6 is 0 Å². The largest absolute Gasteiger partial charge is 0.497 e. The molecule has 0 saturated carbocycles. The average molecular weight is 238 g/mol. The van der Waals surface area contributed by atoms with Crippen molar-refractivity contribution in [1.82, 2.24) is 5.32 Å². The molecule has 0 bridgehead atoms. The van der Waals surface area contributed by atoms with Crippen molar-refractivity contribution in [1.29, 1.82) is 0 Å². The van der Waals surface area contributed by atoms with E-state index in [-0.39, 0.29) is 12.6 Å². The van der Waals surface area contributed by atoms with E-state index in [1.54, 1.807) is 7.11 Å². The Kier molecular flexibility index (Phi) is 4.93. The minimum absolute atomic E-state index is 0.0475. The van der Waals surface area contributed by atoms with E-state index in [1.165, 1.54) is 0 Å². The lowest BCUT2D eigenvalue weighted by Crippen LogP contribution is -2.41. The average Bonchev–Trinajstić information content (AvgIpc) is 2.35. The highest BCUT2D eigenvalue weighted by molar-refractivity contribution is 5.73. The van der Waals surface area contributed by atoms with Gasteiger partial charge in [0.15, 0.2) is 0 Å². The molecule has 4 N–H and O–H groups in total. The summed E-state index contributed by atoms with van der Waals surface area (Å²) in [7, 11) is 1.61. The summed E-state index contributed by atoms with van der Waals surface area (Å²) < 4.78 is 5.06. The van der Waals surface area contributed by atoms with Gasteiger partial charge in [0.2, 0.25) is 0 Å². The monoisotopic (exact) mass is 238 g/mol. The number of hydrogen-bond donors (Lipinski definition) is 3. The Morgan fingerprint density at radius 3 is 2.53 bits per heavy atom. The van der Waals surface area contributed by atoms with Gasteiger partial charge in [0.05, 0.1) is 7.11 Å². The number of nitrogens with two attached hydrogens (primary N) is 1. The molecule has 1 rings (SSSR count). The number of aliphatic carboxylic acids is 1. The molecule has 1 aromatic rings. The van der Waals surface area contributed by atoms with E-state index in [9.17, 15) is 4.79 Å². The Bertz CT molecular complexity index is 365. The number of carboxylic acids is 1. The summed E-state index contributed by atoms with van der Waals surface area (Å²) in [5.74, 6) is -0.206. The van der Waals surface area contributed by atoms with Gasteiger partial charge in [0, 0.05) is 12.6 Å². The fourth-order valence-electron chi connectivity index (χ4n) is 1.40. The molecule has 1 unspecified atom stereocenters. The smallest absolute Gasteiger partial charge is 0.321 e. The van der Waals surface area contributed by atoms with Gasteiger partial charge in [-0.15, -0.1) is 0 Å². The number of carboxylic acid groups (broad SMARTS) is 1. The van der Waals surface area contributed by atoms with Crippen LogP contribution in [0.3, 0.4) is 0 Å². The number of ether oxygens (including phenoxy) is 1. The fraction of sp³-hybridized carbons (Fsp3) is 0.417. The standard InChI is InChI=1S/C12H18N2O3/c1-8(14-7-11(13)12(15)16)9-3-5-10(17-2)6-4-9/h3-6,8,11,14H,7,13H2,1-2H3,(H,15,16)/t8-,11?/m0/s1. The first-order valence-corrected chi connectivity index (χ1v) is 5.40. The van der Waals surface area contributed by atoms with Gasteiger partial charge in [-0.3, -0.25) is 4.79 Å².